The third-order valence-corrected chi connectivity index (χ3v) is 4.74. The lowest BCUT2D eigenvalue weighted by molar-refractivity contribution is 0.411. The third-order valence-electron chi connectivity index (χ3n) is 4.74. The van der Waals surface area contributed by atoms with Crippen LogP contribution in [0.1, 0.15) is 22.5 Å². The second-order valence-electron chi connectivity index (χ2n) is 6.78. The molecule has 152 valence electrons. The summed E-state index contributed by atoms with van der Waals surface area (Å²) in [5.41, 5.74) is 3.45. The molecule has 3 rings (SSSR count). The molecule has 0 aliphatic heterocycles. The van der Waals surface area contributed by atoms with Crippen molar-refractivity contribution in [2.75, 3.05) is 20.7 Å². The van der Waals surface area contributed by atoms with Gasteiger partial charge in [-0.25, -0.2) is 9.97 Å². The Balaban J connectivity index is 1.48. The van der Waals surface area contributed by atoms with E-state index in [9.17, 15) is 0 Å². The van der Waals surface area contributed by atoms with Gasteiger partial charge < -0.3 is 15.4 Å². The SMILES string of the molecule is CN=C(NCCc1ccc(C)c(OC)c1)NCc1ccc(-n2ccnc2C)nc1. The molecular formula is C22H28N6O. The lowest BCUT2D eigenvalue weighted by atomic mass is 10.1. The van der Waals surface area contributed by atoms with Gasteiger partial charge in [0.15, 0.2) is 5.96 Å². The molecule has 1 aromatic carbocycles. The minimum Gasteiger partial charge on any atom is -0.496 e. The number of hydrogen-bond acceptors (Lipinski definition) is 4. The normalized spacial score (nSPS) is 11.4. The fraction of sp³-hybridized carbons (Fsp3) is 0.318. The number of ether oxygens (including phenoxy) is 1. The van der Waals surface area contributed by atoms with Crippen molar-refractivity contribution < 1.29 is 4.74 Å². The minimum absolute atomic E-state index is 0.647. The van der Waals surface area contributed by atoms with Crippen LogP contribution in [0.3, 0.4) is 0 Å². The highest BCUT2D eigenvalue weighted by Gasteiger charge is 2.04. The molecule has 0 amide bonds. The van der Waals surface area contributed by atoms with Crippen molar-refractivity contribution in [2.45, 2.75) is 26.8 Å². The van der Waals surface area contributed by atoms with Crippen molar-refractivity contribution >= 4 is 5.96 Å². The Morgan fingerprint density at radius 1 is 1.10 bits per heavy atom. The second kappa shape index (κ2) is 9.73. The molecule has 0 unspecified atom stereocenters. The van der Waals surface area contributed by atoms with E-state index in [1.807, 2.05) is 36.9 Å². The number of rotatable bonds is 7. The largest absolute Gasteiger partial charge is 0.496 e. The van der Waals surface area contributed by atoms with Crippen molar-refractivity contribution in [3.05, 3.63) is 71.4 Å². The van der Waals surface area contributed by atoms with Crippen molar-refractivity contribution in [1.82, 2.24) is 25.2 Å². The highest BCUT2D eigenvalue weighted by Crippen LogP contribution is 2.19. The Bertz CT molecular complexity index is 962. The lowest BCUT2D eigenvalue weighted by Gasteiger charge is -2.13. The van der Waals surface area contributed by atoms with Gasteiger partial charge in [-0.3, -0.25) is 9.56 Å². The quantitative estimate of drug-likeness (QED) is 0.478. The molecular weight excluding hydrogens is 364 g/mol. The van der Waals surface area contributed by atoms with Gasteiger partial charge in [-0.1, -0.05) is 18.2 Å². The summed E-state index contributed by atoms with van der Waals surface area (Å²) in [6, 6.07) is 10.4. The number of pyridine rings is 1. The van der Waals surface area contributed by atoms with Gasteiger partial charge >= 0.3 is 0 Å². The molecule has 0 saturated heterocycles. The zero-order valence-electron chi connectivity index (χ0n) is 17.4. The summed E-state index contributed by atoms with van der Waals surface area (Å²) in [7, 11) is 3.47. The van der Waals surface area contributed by atoms with E-state index >= 15 is 0 Å². The Morgan fingerprint density at radius 2 is 1.93 bits per heavy atom. The number of aliphatic imine (C=N–C) groups is 1. The van der Waals surface area contributed by atoms with Crippen LogP contribution in [-0.2, 0) is 13.0 Å². The van der Waals surface area contributed by atoms with E-state index in [-0.39, 0.29) is 0 Å². The number of nitrogens with zero attached hydrogens (tertiary/aromatic N) is 4. The smallest absolute Gasteiger partial charge is 0.191 e. The Morgan fingerprint density at radius 3 is 2.59 bits per heavy atom. The highest BCUT2D eigenvalue weighted by molar-refractivity contribution is 5.79. The summed E-state index contributed by atoms with van der Waals surface area (Å²) in [5, 5.41) is 6.67. The summed E-state index contributed by atoms with van der Waals surface area (Å²) in [6.45, 7) is 5.43. The summed E-state index contributed by atoms with van der Waals surface area (Å²) >= 11 is 0. The minimum atomic E-state index is 0.647. The molecule has 2 aromatic heterocycles. The molecule has 2 heterocycles. The number of methoxy groups -OCH3 is 1. The first-order chi connectivity index (χ1) is 14.1. The number of imidazole rings is 1. The first-order valence-corrected chi connectivity index (χ1v) is 9.64. The van der Waals surface area contributed by atoms with Gasteiger partial charge in [0.2, 0.25) is 0 Å². The molecule has 0 bridgehead atoms. The van der Waals surface area contributed by atoms with Gasteiger partial charge in [0.05, 0.1) is 7.11 Å². The fourth-order valence-corrected chi connectivity index (χ4v) is 3.04. The molecule has 0 saturated carbocycles. The van der Waals surface area contributed by atoms with Crippen LogP contribution in [0.2, 0.25) is 0 Å². The molecule has 7 heteroatoms. The van der Waals surface area contributed by atoms with Crippen LogP contribution in [0.5, 0.6) is 5.75 Å². The van der Waals surface area contributed by atoms with Gasteiger partial charge in [-0.15, -0.1) is 0 Å². The number of benzene rings is 1. The van der Waals surface area contributed by atoms with Crippen molar-refractivity contribution in [3.63, 3.8) is 0 Å². The van der Waals surface area contributed by atoms with Crippen LogP contribution in [0, 0.1) is 13.8 Å². The summed E-state index contributed by atoms with van der Waals surface area (Å²) in [6.07, 6.45) is 6.44. The predicted molar refractivity (Wildman–Crippen MR) is 116 cm³/mol. The summed E-state index contributed by atoms with van der Waals surface area (Å²) < 4.78 is 7.35. The summed E-state index contributed by atoms with van der Waals surface area (Å²) in [5.74, 6) is 3.46. The monoisotopic (exact) mass is 392 g/mol. The zero-order valence-corrected chi connectivity index (χ0v) is 17.4. The molecule has 0 fully saturated rings. The van der Waals surface area contributed by atoms with Crippen molar-refractivity contribution in [3.8, 4) is 11.6 Å². The fourth-order valence-electron chi connectivity index (χ4n) is 3.04. The average Bonchev–Trinajstić information content (AvgIpc) is 3.18. The molecule has 0 aliphatic rings. The maximum atomic E-state index is 5.39. The first-order valence-electron chi connectivity index (χ1n) is 9.64. The van der Waals surface area contributed by atoms with E-state index < -0.39 is 0 Å². The van der Waals surface area contributed by atoms with Gasteiger partial charge in [0.1, 0.15) is 17.4 Å². The van der Waals surface area contributed by atoms with Gasteiger partial charge in [-0.2, -0.15) is 0 Å². The highest BCUT2D eigenvalue weighted by atomic mass is 16.5. The summed E-state index contributed by atoms with van der Waals surface area (Å²) in [4.78, 5) is 13.0. The molecule has 29 heavy (non-hydrogen) atoms. The van der Waals surface area contributed by atoms with Crippen molar-refractivity contribution in [2.24, 2.45) is 4.99 Å². The van der Waals surface area contributed by atoms with E-state index in [0.29, 0.717) is 6.54 Å². The topological polar surface area (TPSA) is 76.4 Å². The standard InChI is InChI=1S/C22H28N6O/c1-16-5-6-18(13-20(16)29-4)9-10-25-22(23-3)27-15-19-7-8-21(26-14-19)28-12-11-24-17(28)2/h5-8,11-14H,9-10,15H2,1-4H3,(H2,23,25,27). The molecule has 2 N–H and O–H groups in total. The number of guanidine groups is 1. The van der Waals surface area contributed by atoms with Gasteiger partial charge in [0.25, 0.3) is 0 Å². The Kier molecular flexibility index (Phi) is 6.84. The second-order valence-corrected chi connectivity index (χ2v) is 6.78. The van der Waals surface area contributed by atoms with E-state index in [2.05, 4.69) is 49.9 Å². The van der Waals surface area contributed by atoms with E-state index in [0.717, 1.165) is 47.4 Å². The van der Waals surface area contributed by atoms with Crippen LogP contribution in [0.15, 0.2) is 53.9 Å². The van der Waals surface area contributed by atoms with Crippen LogP contribution in [-0.4, -0.2) is 41.2 Å². The average molecular weight is 393 g/mol. The van der Waals surface area contributed by atoms with Gasteiger partial charge in [-0.05, 0) is 49.1 Å². The molecule has 0 radical (unpaired) electrons. The van der Waals surface area contributed by atoms with E-state index in [1.54, 1.807) is 20.4 Å². The number of aryl methyl sites for hydroxylation is 2. The van der Waals surface area contributed by atoms with E-state index in [1.165, 1.54) is 5.56 Å². The van der Waals surface area contributed by atoms with Crippen molar-refractivity contribution in [1.29, 1.82) is 0 Å². The molecule has 0 aliphatic carbocycles. The number of hydrogen-bond donors (Lipinski definition) is 2. The lowest BCUT2D eigenvalue weighted by Crippen LogP contribution is -2.37. The maximum Gasteiger partial charge on any atom is 0.191 e. The zero-order chi connectivity index (χ0) is 20.6. The Labute approximate surface area is 171 Å². The molecule has 7 nitrogen and oxygen atoms in total. The number of aromatic nitrogens is 3. The van der Waals surface area contributed by atoms with Crippen LogP contribution < -0.4 is 15.4 Å². The van der Waals surface area contributed by atoms with Gasteiger partial charge in [0, 0.05) is 38.7 Å². The molecule has 3 aromatic rings. The maximum absolute atomic E-state index is 5.39. The number of nitrogens with one attached hydrogen (secondary N) is 2. The third kappa shape index (κ3) is 5.34. The first kappa shape index (κ1) is 20.4. The molecule has 0 spiro atoms. The molecule has 0 atom stereocenters. The Hall–Kier alpha value is -3.35. The predicted octanol–water partition coefficient (Wildman–Crippen LogP) is 2.80. The van der Waals surface area contributed by atoms with Crippen LogP contribution >= 0.6 is 0 Å². The van der Waals surface area contributed by atoms with Crippen LogP contribution in [0.25, 0.3) is 5.82 Å². The van der Waals surface area contributed by atoms with E-state index in [4.69, 9.17) is 4.74 Å². The van der Waals surface area contributed by atoms with Crippen LogP contribution in [0.4, 0.5) is 0 Å².